The highest BCUT2D eigenvalue weighted by atomic mass is 16.5. The number of nitrogens with one attached hydrogen (secondary N) is 3. The van der Waals surface area contributed by atoms with Gasteiger partial charge in [-0.05, 0) is 83.4 Å². The Kier molecular flexibility index (Phi) is 8.63. The molecule has 0 aliphatic heterocycles. The largest absolute Gasteiger partial charge is 0.423 e. The lowest BCUT2D eigenvalue weighted by atomic mass is 10.0. The normalized spacial score (nSPS) is 10.7. The van der Waals surface area contributed by atoms with E-state index in [1.807, 2.05) is 55.5 Å². The summed E-state index contributed by atoms with van der Waals surface area (Å²) in [6, 6.07) is 33.1. The highest BCUT2D eigenvalue weighted by Gasteiger charge is 2.18. The van der Waals surface area contributed by atoms with Gasteiger partial charge in [-0.1, -0.05) is 60.7 Å². The zero-order valence-corrected chi connectivity index (χ0v) is 23.0. The van der Waals surface area contributed by atoms with E-state index in [-0.39, 0.29) is 11.3 Å². The molecular weight excluding hydrogens is 544 g/mol. The quantitative estimate of drug-likeness (QED) is 0.0760. The van der Waals surface area contributed by atoms with Gasteiger partial charge in [-0.15, -0.1) is 0 Å². The van der Waals surface area contributed by atoms with Crippen LogP contribution in [0.4, 0.5) is 11.4 Å². The number of amides is 3. The lowest BCUT2D eigenvalue weighted by Gasteiger charge is -2.11. The second-order valence-corrected chi connectivity index (χ2v) is 9.51. The number of aryl methyl sites for hydroxylation is 1. The number of nitrogens with zero attached hydrogens (tertiary/aromatic N) is 1. The van der Waals surface area contributed by atoms with Crippen molar-refractivity contribution in [1.82, 2.24) is 5.43 Å². The molecule has 0 saturated heterocycles. The summed E-state index contributed by atoms with van der Waals surface area (Å²) in [5, 5.41) is 10.8. The van der Waals surface area contributed by atoms with Crippen molar-refractivity contribution < 1.29 is 23.9 Å². The molecule has 9 heteroatoms. The molecule has 43 heavy (non-hydrogen) atoms. The molecule has 9 nitrogen and oxygen atoms in total. The molecule has 0 radical (unpaired) electrons. The molecule has 0 saturated carbocycles. The van der Waals surface area contributed by atoms with Gasteiger partial charge in [0.15, 0.2) is 0 Å². The van der Waals surface area contributed by atoms with Crippen LogP contribution < -0.4 is 20.8 Å². The van der Waals surface area contributed by atoms with Crippen molar-refractivity contribution >= 4 is 52.1 Å². The number of hydrogen-bond acceptors (Lipinski definition) is 6. The Hall–Kier alpha value is -6.09. The monoisotopic (exact) mass is 570 g/mol. The number of esters is 1. The summed E-state index contributed by atoms with van der Waals surface area (Å²) in [6.07, 6.45) is 1.34. The van der Waals surface area contributed by atoms with Crippen LogP contribution in [0, 0.1) is 6.92 Å². The predicted molar refractivity (Wildman–Crippen MR) is 165 cm³/mol. The molecule has 0 fully saturated rings. The van der Waals surface area contributed by atoms with E-state index in [0.717, 1.165) is 16.3 Å². The summed E-state index contributed by atoms with van der Waals surface area (Å²) >= 11 is 0. The minimum atomic E-state index is -1.02. The van der Waals surface area contributed by atoms with Crippen LogP contribution in [-0.2, 0) is 9.59 Å². The van der Waals surface area contributed by atoms with Gasteiger partial charge in [0.1, 0.15) is 5.75 Å². The van der Waals surface area contributed by atoms with Crippen molar-refractivity contribution in [3.8, 4) is 5.75 Å². The minimum absolute atomic E-state index is 0.172. The van der Waals surface area contributed by atoms with Gasteiger partial charge >= 0.3 is 17.8 Å². The number of ether oxygens (including phenoxy) is 1. The van der Waals surface area contributed by atoms with E-state index >= 15 is 0 Å². The van der Waals surface area contributed by atoms with Crippen LogP contribution in [-0.4, -0.2) is 29.9 Å². The van der Waals surface area contributed by atoms with Gasteiger partial charge in [-0.25, -0.2) is 10.2 Å². The zero-order chi connectivity index (χ0) is 30.2. The molecule has 212 valence electrons. The first-order chi connectivity index (χ1) is 20.9. The molecular formula is C34H26N4O5. The first-order valence-corrected chi connectivity index (χ1v) is 13.3. The number of carbonyl (C=O) groups is 4. The van der Waals surface area contributed by atoms with Crippen LogP contribution >= 0.6 is 0 Å². The molecule has 3 N–H and O–H groups in total. The lowest BCUT2D eigenvalue weighted by Crippen LogP contribution is -2.33. The summed E-state index contributed by atoms with van der Waals surface area (Å²) in [4.78, 5) is 50.4. The molecule has 5 aromatic rings. The Morgan fingerprint density at radius 3 is 2.21 bits per heavy atom. The highest BCUT2D eigenvalue weighted by Crippen LogP contribution is 2.21. The minimum Gasteiger partial charge on any atom is -0.423 e. The third-order valence-electron chi connectivity index (χ3n) is 6.38. The highest BCUT2D eigenvalue weighted by molar-refractivity contribution is 6.40. The van der Waals surface area contributed by atoms with E-state index in [4.69, 9.17) is 4.74 Å². The van der Waals surface area contributed by atoms with E-state index in [9.17, 15) is 19.2 Å². The topological polar surface area (TPSA) is 126 Å². The number of rotatable bonds is 7. The average Bonchev–Trinajstić information content (AvgIpc) is 3.01. The van der Waals surface area contributed by atoms with Crippen molar-refractivity contribution in [2.24, 2.45) is 5.10 Å². The van der Waals surface area contributed by atoms with Gasteiger partial charge in [-0.3, -0.25) is 14.4 Å². The van der Waals surface area contributed by atoms with Crippen LogP contribution in [0.3, 0.4) is 0 Å². The Balaban J connectivity index is 1.15. The van der Waals surface area contributed by atoms with Crippen molar-refractivity contribution in [3.63, 3.8) is 0 Å². The fourth-order valence-corrected chi connectivity index (χ4v) is 4.29. The smallest absolute Gasteiger partial charge is 0.344 e. The number of carbonyl (C=O) groups excluding carboxylic acids is 4. The molecule has 0 unspecified atom stereocenters. The number of hydrazone groups is 1. The Bertz CT molecular complexity index is 1860. The zero-order valence-electron chi connectivity index (χ0n) is 23.0. The second kappa shape index (κ2) is 13.0. The van der Waals surface area contributed by atoms with E-state index in [2.05, 4.69) is 21.2 Å². The number of hydrogen-bond donors (Lipinski definition) is 3. The molecule has 0 aliphatic carbocycles. The molecule has 3 amide bonds. The molecule has 0 atom stereocenters. The van der Waals surface area contributed by atoms with Gasteiger partial charge in [0.25, 0.3) is 5.91 Å². The number of fused-ring (bicyclic) bond motifs is 1. The molecule has 5 rings (SSSR count). The molecule has 0 aromatic heterocycles. The van der Waals surface area contributed by atoms with Gasteiger partial charge in [0, 0.05) is 5.69 Å². The Labute approximate surface area is 247 Å². The van der Waals surface area contributed by atoms with Crippen molar-refractivity contribution in [1.29, 1.82) is 0 Å². The fourth-order valence-electron chi connectivity index (χ4n) is 4.29. The van der Waals surface area contributed by atoms with Crippen LogP contribution in [0.5, 0.6) is 5.75 Å². The summed E-state index contributed by atoms with van der Waals surface area (Å²) < 4.78 is 5.52. The summed E-state index contributed by atoms with van der Waals surface area (Å²) in [5.74, 6) is -2.60. The van der Waals surface area contributed by atoms with Gasteiger partial charge in [0.2, 0.25) is 0 Å². The number of anilines is 2. The van der Waals surface area contributed by atoms with E-state index in [1.54, 1.807) is 60.7 Å². The van der Waals surface area contributed by atoms with Crippen LogP contribution in [0.25, 0.3) is 10.8 Å². The van der Waals surface area contributed by atoms with Crippen molar-refractivity contribution in [2.75, 3.05) is 10.6 Å². The van der Waals surface area contributed by atoms with Crippen LogP contribution in [0.1, 0.15) is 31.8 Å². The third kappa shape index (κ3) is 7.17. The lowest BCUT2D eigenvalue weighted by molar-refractivity contribution is -0.136. The molecule has 0 heterocycles. The third-order valence-corrected chi connectivity index (χ3v) is 6.38. The van der Waals surface area contributed by atoms with Gasteiger partial charge < -0.3 is 15.4 Å². The van der Waals surface area contributed by atoms with Crippen LogP contribution in [0.15, 0.2) is 120 Å². The first-order valence-electron chi connectivity index (χ1n) is 13.3. The van der Waals surface area contributed by atoms with Crippen LogP contribution in [0.2, 0.25) is 0 Å². The second-order valence-electron chi connectivity index (χ2n) is 9.51. The maximum Gasteiger partial charge on any atom is 0.344 e. The fraction of sp³-hybridized carbons (Fsp3) is 0.0294. The van der Waals surface area contributed by atoms with E-state index < -0.39 is 23.7 Å². The predicted octanol–water partition coefficient (Wildman–Crippen LogP) is 5.71. The number of para-hydroxylation sites is 1. The maximum atomic E-state index is 12.8. The SMILES string of the molecule is Cc1cccc(NC(=O)c2ccccc2NC(=O)C(=O)NN=Cc2ccc(OC(=O)c3cccc4ccccc34)cc2)c1. The number of benzene rings is 5. The van der Waals surface area contributed by atoms with E-state index in [0.29, 0.717) is 22.6 Å². The summed E-state index contributed by atoms with van der Waals surface area (Å²) in [6.45, 7) is 1.91. The summed E-state index contributed by atoms with van der Waals surface area (Å²) in [7, 11) is 0. The molecule has 0 bridgehead atoms. The molecule has 0 aliphatic rings. The van der Waals surface area contributed by atoms with Crippen molar-refractivity contribution in [2.45, 2.75) is 6.92 Å². The molecule has 0 spiro atoms. The standard InChI is InChI=1S/C34H26N4O5/c1-22-8-6-11-25(20-22)36-31(39)29-13-4-5-15-30(29)37-32(40)33(41)38-35-21-23-16-18-26(19-17-23)43-34(42)28-14-7-10-24-9-2-3-12-27(24)28/h2-21H,1H3,(H,36,39)(H,37,40)(H,38,41). The molecule has 5 aromatic carbocycles. The Morgan fingerprint density at radius 2 is 1.40 bits per heavy atom. The van der Waals surface area contributed by atoms with Gasteiger partial charge in [0.05, 0.1) is 23.0 Å². The maximum absolute atomic E-state index is 12.8. The van der Waals surface area contributed by atoms with Gasteiger partial charge in [-0.2, -0.15) is 5.10 Å². The first kappa shape index (κ1) is 28.4. The average molecular weight is 571 g/mol. The summed E-state index contributed by atoms with van der Waals surface area (Å²) in [5.41, 5.74) is 5.16. The Morgan fingerprint density at radius 1 is 0.698 bits per heavy atom. The van der Waals surface area contributed by atoms with Crippen molar-refractivity contribution in [3.05, 3.63) is 138 Å². The van der Waals surface area contributed by atoms with E-state index in [1.165, 1.54) is 12.3 Å².